The molecule has 2 aromatic carbocycles. The molecule has 0 saturated heterocycles. The second-order valence-electron chi connectivity index (χ2n) is 6.02. The summed E-state index contributed by atoms with van der Waals surface area (Å²) in [5.74, 6) is 0.0680. The van der Waals surface area contributed by atoms with Crippen LogP contribution in [0.5, 0.6) is 0 Å². The average molecular weight is 332 g/mol. The molecule has 1 aromatic heterocycles. The van der Waals surface area contributed by atoms with Crippen molar-refractivity contribution < 1.29 is 4.79 Å². The fraction of sp³-hybridized carbons (Fsp3) is 0.227. The Hall–Kier alpha value is -2.81. The molecule has 0 aliphatic rings. The third-order valence-corrected chi connectivity index (χ3v) is 4.50. The molecule has 0 aliphatic heterocycles. The first-order valence-corrected chi connectivity index (χ1v) is 8.81. The SMILES string of the molecule is CCNc1c(C(=O)c2ccccc2)c(C)n(CC)c1-c1ccccc1. The standard InChI is InChI=1S/C22H24N2O/c1-4-23-20-19(22(25)18-14-10-7-11-15-18)16(3)24(5-2)21(20)17-12-8-6-9-13-17/h6-15,23H,4-5H2,1-3H3. The summed E-state index contributed by atoms with van der Waals surface area (Å²) in [7, 11) is 0. The van der Waals surface area contributed by atoms with Crippen molar-refractivity contribution in [2.24, 2.45) is 0 Å². The van der Waals surface area contributed by atoms with E-state index in [0.717, 1.165) is 46.9 Å². The molecule has 0 spiro atoms. The molecule has 25 heavy (non-hydrogen) atoms. The second kappa shape index (κ2) is 7.39. The van der Waals surface area contributed by atoms with Crippen molar-refractivity contribution in [3.05, 3.63) is 77.5 Å². The molecule has 0 aliphatic carbocycles. The molecule has 0 radical (unpaired) electrons. The summed E-state index contributed by atoms with van der Waals surface area (Å²) < 4.78 is 2.23. The van der Waals surface area contributed by atoms with Crippen LogP contribution in [0, 0.1) is 6.92 Å². The van der Waals surface area contributed by atoms with Gasteiger partial charge in [-0.1, -0.05) is 60.7 Å². The monoisotopic (exact) mass is 332 g/mol. The quantitative estimate of drug-likeness (QED) is 0.634. The van der Waals surface area contributed by atoms with Crippen LogP contribution in [0.25, 0.3) is 11.3 Å². The Morgan fingerprint density at radius 3 is 2.12 bits per heavy atom. The third kappa shape index (κ3) is 3.10. The van der Waals surface area contributed by atoms with E-state index in [0.29, 0.717) is 0 Å². The average Bonchev–Trinajstić information content (AvgIpc) is 2.94. The van der Waals surface area contributed by atoms with E-state index in [1.165, 1.54) is 0 Å². The van der Waals surface area contributed by atoms with E-state index in [1.54, 1.807) is 0 Å². The van der Waals surface area contributed by atoms with Crippen LogP contribution in [-0.4, -0.2) is 16.9 Å². The topological polar surface area (TPSA) is 34.0 Å². The fourth-order valence-electron chi connectivity index (χ4n) is 3.39. The lowest BCUT2D eigenvalue weighted by Crippen LogP contribution is -2.07. The molecule has 0 fully saturated rings. The summed E-state index contributed by atoms with van der Waals surface area (Å²) in [6, 6.07) is 19.8. The first kappa shape index (κ1) is 17.0. The molecule has 0 atom stereocenters. The lowest BCUT2D eigenvalue weighted by atomic mass is 10.0. The number of aromatic nitrogens is 1. The van der Waals surface area contributed by atoms with Crippen LogP contribution < -0.4 is 5.32 Å². The number of carbonyl (C=O) groups is 1. The smallest absolute Gasteiger partial charge is 0.196 e. The highest BCUT2D eigenvalue weighted by Gasteiger charge is 2.25. The van der Waals surface area contributed by atoms with Crippen molar-refractivity contribution in [3.8, 4) is 11.3 Å². The van der Waals surface area contributed by atoms with Gasteiger partial charge in [-0.05, 0) is 20.8 Å². The largest absolute Gasteiger partial charge is 0.383 e. The predicted octanol–water partition coefficient (Wildman–Crippen LogP) is 5.15. The molecular formula is C22H24N2O. The molecule has 0 saturated carbocycles. The minimum absolute atomic E-state index is 0.0680. The van der Waals surface area contributed by atoms with Gasteiger partial charge < -0.3 is 9.88 Å². The van der Waals surface area contributed by atoms with Gasteiger partial charge in [0.1, 0.15) is 0 Å². The zero-order valence-electron chi connectivity index (χ0n) is 15.0. The first-order chi connectivity index (χ1) is 12.2. The number of hydrogen-bond donors (Lipinski definition) is 1. The van der Waals surface area contributed by atoms with Crippen molar-refractivity contribution in [1.82, 2.24) is 4.57 Å². The van der Waals surface area contributed by atoms with Gasteiger partial charge in [0.05, 0.1) is 16.9 Å². The van der Waals surface area contributed by atoms with E-state index in [2.05, 4.69) is 35.9 Å². The van der Waals surface area contributed by atoms with E-state index >= 15 is 0 Å². The fourth-order valence-corrected chi connectivity index (χ4v) is 3.39. The van der Waals surface area contributed by atoms with Crippen LogP contribution >= 0.6 is 0 Å². The molecular weight excluding hydrogens is 308 g/mol. The Morgan fingerprint density at radius 1 is 0.960 bits per heavy atom. The van der Waals surface area contributed by atoms with Gasteiger partial charge in [0, 0.05) is 29.9 Å². The molecule has 3 nitrogen and oxygen atoms in total. The van der Waals surface area contributed by atoms with E-state index in [9.17, 15) is 4.79 Å². The maximum atomic E-state index is 13.2. The second-order valence-corrected chi connectivity index (χ2v) is 6.02. The summed E-state index contributed by atoms with van der Waals surface area (Å²) in [6.07, 6.45) is 0. The van der Waals surface area contributed by atoms with Gasteiger partial charge in [0.2, 0.25) is 0 Å². The maximum absolute atomic E-state index is 13.2. The number of anilines is 1. The molecule has 1 N–H and O–H groups in total. The molecule has 0 bridgehead atoms. The lowest BCUT2D eigenvalue weighted by Gasteiger charge is -2.12. The van der Waals surface area contributed by atoms with Crippen LogP contribution in [0.15, 0.2) is 60.7 Å². The van der Waals surface area contributed by atoms with Crippen molar-refractivity contribution in [1.29, 1.82) is 0 Å². The van der Waals surface area contributed by atoms with Crippen LogP contribution in [0.4, 0.5) is 5.69 Å². The summed E-state index contributed by atoms with van der Waals surface area (Å²) in [5, 5.41) is 3.45. The Morgan fingerprint density at radius 2 is 1.56 bits per heavy atom. The summed E-state index contributed by atoms with van der Waals surface area (Å²) in [6.45, 7) is 7.79. The van der Waals surface area contributed by atoms with Gasteiger partial charge >= 0.3 is 0 Å². The van der Waals surface area contributed by atoms with Gasteiger partial charge in [-0.3, -0.25) is 4.79 Å². The van der Waals surface area contributed by atoms with Crippen LogP contribution in [0.1, 0.15) is 35.5 Å². The Kier molecular flexibility index (Phi) is 5.03. The van der Waals surface area contributed by atoms with E-state index in [4.69, 9.17) is 0 Å². The number of carbonyl (C=O) groups excluding carboxylic acids is 1. The van der Waals surface area contributed by atoms with Gasteiger partial charge in [0.15, 0.2) is 5.78 Å². The number of ketones is 1. The highest BCUT2D eigenvalue weighted by atomic mass is 16.1. The zero-order chi connectivity index (χ0) is 17.8. The molecule has 3 heteroatoms. The van der Waals surface area contributed by atoms with Crippen molar-refractivity contribution in [3.63, 3.8) is 0 Å². The van der Waals surface area contributed by atoms with Crippen molar-refractivity contribution in [2.45, 2.75) is 27.3 Å². The van der Waals surface area contributed by atoms with E-state index in [1.807, 2.05) is 55.5 Å². The maximum Gasteiger partial charge on any atom is 0.196 e. The Labute approximate surface area is 149 Å². The number of nitrogens with one attached hydrogen (secondary N) is 1. The molecule has 3 aromatic rings. The molecule has 0 unspecified atom stereocenters. The number of rotatable bonds is 6. The summed E-state index contributed by atoms with van der Waals surface area (Å²) in [4.78, 5) is 13.2. The molecule has 0 amide bonds. The van der Waals surface area contributed by atoms with Crippen LogP contribution in [0.2, 0.25) is 0 Å². The first-order valence-electron chi connectivity index (χ1n) is 8.81. The Balaban J connectivity index is 2.25. The van der Waals surface area contributed by atoms with Crippen LogP contribution in [-0.2, 0) is 6.54 Å². The molecule has 1 heterocycles. The van der Waals surface area contributed by atoms with Crippen molar-refractivity contribution >= 4 is 11.5 Å². The van der Waals surface area contributed by atoms with E-state index in [-0.39, 0.29) is 5.78 Å². The highest BCUT2D eigenvalue weighted by molar-refractivity contribution is 6.15. The predicted molar refractivity (Wildman–Crippen MR) is 104 cm³/mol. The number of hydrogen-bond acceptors (Lipinski definition) is 2. The Bertz CT molecular complexity index is 864. The van der Waals surface area contributed by atoms with E-state index < -0.39 is 0 Å². The van der Waals surface area contributed by atoms with Crippen molar-refractivity contribution in [2.75, 3.05) is 11.9 Å². The van der Waals surface area contributed by atoms with Gasteiger partial charge in [0.25, 0.3) is 0 Å². The zero-order valence-corrected chi connectivity index (χ0v) is 15.0. The summed E-state index contributed by atoms with van der Waals surface area (Å²) >= 11 is 0. The van der Waals surface area contributed by atoms with Gasteiger partial charge in [-0.2, -0.15) is 0 Å². The minimum atomic E-state index is 0.0680. The summed E-state index contributed by atoms with van der Waals surface area (Å²) in [5.41, 5.74) is 5.64. The lowest BCUT2D eigenvalue weighted by molar-refractivity contribution is 0.103. The van der Waals surface area contributed by atoms with Crippen LogP contribution in [0.3, 0.4) is 0 Å². The third-order valence-electron chi connectivity index (χ3n) is 4.50. The van der Waals surface area contributed by atoms with Gasteiger partial charge in [-0.25, -0.2) is 0 Å². The normalized spacial score (nSPS) is 10.7. The minimum Gasteiger partial charge on any atom is -0.383 e. The highest BCUT2D eigenvalue weighted by Crippen LogP contribution is 2.37. The van der Waals surface area contributed by atoms with Gasteiger partial charge in [-0.15, -0.1) is 0 Å². The number of benzene rings is 2. The number of nitrogens with zero attached hydrogens (tertiary/aromatic N) is 1. The molecule has 3 rings (SSSR count). The molecule has 128 valence electrons.